The number of benzene rings is 1. The van der Waals surface area contributed by atoms with Crippen LogP contribution >= 0.6 is 0 Å². The molecule has 0 radical (unpaired) electrons. The molecule has 5 nitrogen and oxygen atoms in total. The summed E-state index contributed by atoms with van der Waals surface area (Å²) in [5.74, 6) is 0.0461. The number of fused-ring (bicyclic) bond motifs is 1. The van der Waals surface area contributed by atoms with Crippen molar-refractivity contribution in [3.8, 4) is 0 Å². The lowest BCUT2D eigenvalue weighted by Gasteiger charge is -2.39. The number of rotatable bonds is 2. The van der Waals surface area contributed by atoms with Gasteiger partial charge in [-0.05, 0) is 19.2 Å². The minimum Gasteiger partial charge on any atom is -0.351 e. The van der Waals surface area contributed by atoms with E-state index < -0.39 is 0 Å². The van der Waals surface area contributed by atoms with Crippen LogP contribution in [0.3, 0.4) is 0 Å². The van der Waals surface area contributed by atoms with Gasteiger partial charge >= 0.3 is 0 Å². The molecule has 106 valence electrons. The minimum absolute atomic E-state index is 0.0461. The first-order chi connectivity index (χ1) is 9.69. The van der Waals surface area contributed by atoms with Gasteiger partial charge in [0.25, 0.3) is 5.91 Å². The highest BCUT2D eigenvalue weighted by Crippen LogP contribution is 2.18. The topological polar surface area (TPSA) is 65.4 Å². The molecule has 1 aromatic carbocycles. The van der Waals surface area contributed by atoms with Crippen LogP contribution in [0.25, 0.3) is 10.9 Å². The summed E-state index contributed by atoms with van der Waals surface area (Å²) in [4.78, 5) is 20.0. The average Bonchev–Trinajstić information content (AvgIpc) is 2.90. The van der Waals surface area contributed by atoms with Gasteiger partial charge in [0.05, 0.1) is 6.04 Å². The molecule has 2 heterocycles. The number of hydrogen-bond acceptors (Lipinski definition) is 3. The summed E-state index contributed by atoms with van der Waals surface area (Å²) in [5.41, 5.74) is 7.46. The van der Waals surface area contributed by atoms with Crippen LogP contribution in [0.4, 0.5) is 0 Å². The number of nitrogens with zero attached hydrogens (tertiary/aromatic N) is 2. The molecular formula is C15H20N4O. The molecule has 1 aliphatic heterocycles. The summed E-state index contributed by atoms with van der Waals surface area (Å²) < 4.78 is 0. The fraction of sp³-hybridized carbons (Fsp3) is 0.400. The predicted octanol–water partition coefficient (Wildman–Crippen LogP) is 0.883. The highest BCUT2D eigenvalue weighted by Gasteiger charge is 2.29. The maximum absolute atomic E-state index is 12.7. The van der Waals surface area contributed by atoms with Crippen LogP contribution in [0.2, 0.25) is 0 Å². The quantitative estimate of drug-likeness (QED) is 0.853. The van der Waals surface area contributed by atoms with E-state index >= 15 is 0 Å². The lowest BCUT2D eigenvalue weighted by molar-refractivity contribution is 0.0511. The van der Waals surface area contributed by atoms with Crippen LogP contribution in [-0.2, 0) is 0 Å². The molecule has 1 aliphatic rings. The summed E-state index contributed by atoms with van der Waals surface area (Å²) in [6.45, 7) is 2.95. The van der Waals surface area contributed by atoms with E-state index in [1.165, 1.54) is 0 Å². The number of likely N-dealkylation sites (N-methyl/N-ethyl adjacent to an activating group) is 1. The van der Waals surface area contributed by atoms with E-state index in [9.17, 15) is 4.79 Å². The Labute approximate surface area is 118 Å². The predicted molar refractivity (Wildman–Crippen MR) is 79.7 cm³/mol. The SMILES string of the molecule is CN1CCN(C(=O)c2cc3ccccc3[nH]2)C(CN)C1. The van der Waals surface area contributed by atoms with Crippen LogP contribution in [0.1, 0.15) is 10.5 Å². The zero-order chi connectivity index (χ0) is 14.1. The number of aromatic nitrogens is 1. The third kappa shape index (κ3) is 2.30. The molecule has 1 aromatic heterocycles. The van der Waals surface area contributed by atoms with Gasteiger partial charge in [0.2, 0.25) is 0 Å². The number of nitrogens with two attached hydrogens (primary N) is 1. The smallest absolute Gasteiger partial charge is 0.270 e. The number of aromatic amines is 1. The Morgan fingerprint density at radius 2 is 2.20 bits per heavy atom. The number of carbonyl (C=O) groups excluding carboxylic acids is 1. The van der Waals surface area contributed by atoms with Crippen molar-refractivity contribution in [1.82, 2.24) is 14.8 Å². The Morgan fingerprint density at radius 3 is 2.95 bits per heavy atom. The fourth-order valence-electron chi connectivity index (χ4n) is 2.82. The summed E-state index contributed by atoms with van der Waals surface area (Å²) in [6.07, 6.45) is 0. The van der Waals surface area contributed by atoms with Gasteiger partial charge in [-0.2, -0.15) is 0 Å². The van der Waals surface area contributed by atoms with E-state index in [1.807, 2.05) is 35.2 Å². The monoisotopic (exact) mass is 272 g/mol. The zero-order valence-electron chi connectivity index (χ0n) is 11.7. The Kier molecular flexibility index (Phi) is 3.46. The second-order valence-corrected chi connectivity index (χ2v) is 5.42. The molecular weight excluding hydrogens is 252 g/mol. The van der Waals surface area contributed by atoms with Crippen LogP contribution in [0, 0.1) is 0 Å². The number of piperazine rings is 1. The highest BCUT2D eigenvalue weighted by atomic mass is 16.2. The molecule has 3 rings (SSSR count). The van der Waals surface area contributed by atoms with Crippen molar-refractivity contribution in [3.05, 3.63) is 36.0 Å². The molecule has 0 spiro atoms. The molecule has 3 N–H and O–H groups in total. The average molecular weight is 272 g/mol. The van der Waals surface area contributed by atoms with E-state index in [0.717, 1.165) is 30.5 Å². The van der Waals surface area contributed by atoms with Gasteiger partial charge in [-0.25, -0.2) is 0 Å². The second-order valence-electron chi connectivity index (χ2n) is 5.42. The Morgan fingerprint density at radius 1 is 1.40 bits per heavy atom. The first-order valence-corrected chi connectivity index (χ1v) is 6.96. The molecule has 2 aromatic rings. The van der Waals surface area contributed by atoms with Gasteiger partial charge in [-0.15, -0.1) is 0 Å². The van der Waals surface area contributed by atoms with Crippen molar-refractivity contribution in [2.75, 3.05) is 33.2 Å². The van der Waals surface area contributed by atoms with Crippen molar-refractivity contribution in [2.45, 2.75) is 6.04 Å². The summed E-state index contributed by atoms with van der Waals surface area (Å²) in [6, 6.07) is 9.94. The number of H-pyrrole nitrogens is 1. The van der Waals surface area contributed by atoms with Crippen molar-refractivity contribution >= 4 is 16.8 Å². The molecule has 1 atom stereocenters. The molecule has 1 amide bonds. The molecule has 1 unspecified atom stereocenters. The van der Waals surface area contributed by atoms with Crippen LogP contribution in [0.5, 0.6) is 0 Å². The number of nitrogens with one attached hydrogen (secondary N) is 1. The van der Waals surface area contributed by atoms with E-state index in [2.05, 4.69) is 16.9 Å². The first kappa shape index (κ1) is 13.1. The standard InChI is InChI=1S/C15H20N4O/c1-18-6-7-19(12(9-16)10-18)15(20)14-8-11-4-2-3-5-13(11)17-14/h2-5,8,12,17H,6-7,9-10,16H2,1H3. The zero-order valence-corrected chi connectivity index (χ0v) is 11.7. The largest absolute Gasteiger partial charge is 0.351 e. The van der Waals surface area contributed by atoms with E-state index in [-0.39, 0.29) is 11.9 Å². The molecule has 0 saturated carbocycles. The van der Waals surface area contributed by atoms with Crippen molar-refractivity contribution in [2.24, 2.45) is 5.73 Å². The molecule has 1 saturated heterocycles. The maximum atomic E-state index is 12.7. The number of carbonyl (C=O) groups is 1. The van der Waals surface area contributed by atoms with Crippen molar-refractivity contribution < 1.29 is 4.79 Å². The highest BCUT2D eigenvalue weighted by molar-refractivity contribution is 5.98. The third-order valence-electron chi connectivity index (χ3n) is 3.98. The summed E-state index contributed by atoms with van der Waals surface area (Å²) in [7, 11) is 2.06. The minimum atomic E-state index is 0.0461. The molecule has 1 fully saturated rings. The normalized spacial score (nSPS) is 20.5. The van der Waals surface area contributed by atoms with E-state index in [0.29, 0.717) is 12.2 Å². The Bertz CT molecular complexity index is 588. The number of hydrogen-bond donors (Lipinski definition) is 2. The molecule has 5 heteroatoms. The third-order valence-corrected chi connectivity index (χ3v) is 3.98. The lowest BCUT2D eigenvalue weighted by Crippen LogP contribution is -2.56. The summed E-state index contributed by atoms with van der Waals surface area (Å²) >= 11 is 0. The van der Waals surface area contributed by atoms with Gasteiger partial charge in [0.15, 0.2) is 0 Å². The van der Waals surface area contributed by atoms with E-state index in [1.54, 1.807) is 0 Å². The van der Waals surface area contributed by atoms with Gasteiger partial charge in [-0.3, -0.25) is 4.79 Å². The van der Waals surface area contributed by atoms with Crippen molar-refractivity contribution in [1.29, 1.82) is 0 Å². The maximum Gasteiger partial charge on any atom is 0.270 e. The van der Waals surface area contributed by atoms with E-state index in [4.69, 9.17) is 5.73 Å². The van der Waals surface area contributed by atoms with Gasteiger partial charge in [0.1, 0.15) is 5.69 Å². The molecule has 0 bridgehead atoms. The number of para-hydroxylation sites is 1. The fourth-order valence-corrected chi connectivity index (χ4v) is 2.82. The number of amides is 1. The Balaban J connectivity index is 1.87. The first-order valence-electron chi connectivity index (χ1n) is 6.96. The lowest BCUT2D eigenvalue weighted by atomic mass is 10.1. The summed E-state index contributed by atoms with van der Waals surface area (Å²) in [5, 5.41) is 1.06. The van der Waals surface area contributed by atoms with Gasteiger partial charge in [0, 0.05) is 37.1 Å². The van der Waals surface area contributed by atoms with Crippen LogP contribution in [-0.4, -0.2) is 60.0 Å². The molecule has 20 heavy (non-hydrogen) atoms. The van der Waals surface area contributed by atoms with Crippen LogP contribution < -0.4 is 5.73 Å². The second kappa shape index (κ2) is 5.26. The van der Waals surface area contributed by atoms with Crippen molar-refractivity contribution in [3.63, 3.8) is 0 Å². The molecule has 0 aliphatic carbocycles. The van der Waals surface area contributed by atoms with Gasteiger partial charge < -0.3 is 20.5 Å². The Hall–Kier alpha value is -1.85. The van der Waals surface area contributed by atoms with Gasteiger partial charge in [-0.1, -0.05) is 18.2 Å². The van der Waals surface area contributed by atoms with Crippen LogP contribution in [0.15, 0.2) is 30.3 Å².